The Hall–Kier alpha value is -0.500. The van der Waals surface area contributed by atoms with Crippen LogP contribution in [0.2, 0.25) is 0 Å². The van der Waals surface area contributed by atoms with Crippen molar-refractivity contribution in [3.63, 3.8) is 0 Å². The molecule has 0 rings (SSSR count). The third kappa shape index (κ3) is 11.4. The van der Waals surface area contributed by atoms with E-state index < -0.39 is 0 Å². The molecule has 0 aliphatic heterocycles. The van der Waals surface area contributed by atoms with Crippen molar-refractivity contribution in [2.75, 3.05) is 11.0 Å². The van der Waals surface area contributed by atoms with Crippen LogP contribution in [-0.2, 0) is 9.53 Å². The minimum Gasteiger partial charge on any atom is -0.462 e. The predicted octanol–water partition coefficient (Wildman–Crippen LogP) is 3.10. The van der Waals surface area contributed by atoms with Crippen molar-refractivity contribution in [3.8, 4) is 11.8 Å². The van der Waals surface area contributed by atoms with Gasteiger partial charge in [0, 0.05) is 18.9 Å². The molecule has 0 amide bonds. The number of ether oxygens (including phenoxy) is 1. The van der Waals surface area contributed by atoms with Crippen molar-refractivity contribution in [3.05, 3.63) is 12.7 Å². The first kappa shape index (κ1) is 14.5. The fourth-order valence-electron chi connectivity index (χ4n) is 0.923. The molecule has 84 valence electrons. The number of rotatable bonds is 7. The van der Waals surface area contributed by atoms with Crippen molar-refractivity contribution in [2.45, 2.75) is 32.1 Å². The number of alkyl halides is 1. The van der Waals surface area contributed by atoms with Crippen LogP contribution in [0.3, 0.4) is 0 Å². The summed E-state index contributed by atoms with van der Waals surface area (Å²) < 4.78 is 6.00. The summed E-state index contributed by atoms with van der Waals surface area (Å²) in [5.41, 5.74) is 0. The fraction of sp³-hybridized carbons (Fsp3) is 0.583. The second kappa shape index (κ2) is 11.6. The van der Waals surface area contributed by atoms with Gasteiger partial charge in [0.1, 0.15) is 6.61 Å². The molecule has 0 bridgehead atoms. The van der Waals surface area contributed by atoms with Crippen LogP contribution in [0, 0.1) is 11.8 Å². The van der Waals surface area contributed by atoms with Crippen LogP contribution in [0.5, 0.6) is 0 Å². The fourth-order valence-corrected chi connectivity index (χ4v) is 1.46. The van der Waals surface area contributed by atoms with E-state index in [1.165, 1.54) is 23.7 Å². The number of carbonyl (C=O) groups is 1. The van der Waals surface area contributed by atoms with Gasteiger partial charge in [-0.25, -0.2) is 4.79 Å². The van der Waals surface area contributed by atoms with Gasteiger partial charge >= 0.3 is 5.97 Å². The number of hydrogen-bond donors (Lipinski definition) is 0. The van der Waals surface area contributed by atoms with E-state index in [-0.39, 0.29) is 5.97 Å². The summed E-state index contributed by atoms with van der Waals surface area (Å²) >= 11 is 2.38. The van der Waals surface area contributed by atoms with Gasteiger partial charge in [-0.2, -0.15) is 0 Å². The molecule has 0 aromatic rings. The zero-order valence-electron chi connectivity index (χ0n) is 8.93. The summed E-state index contributed by atoms with van der Waals surface area (Å²) in [5, 5.41) is 0. The van der Waals surface area contributed by atoms with Gasteiger partial charge in [-0.05, 0) is 17.3 Å². The lowest BCUT2D eigenvalue weighted by molar-refractivity contribution is -0.137. The average Bonchev–Trinajstić information content (AvgIpc) is 2.26. The molecule has 0 saturated heterocycles. The Morgan fingerprint density at radius 3 is 2.67 bits per heavy atom. The molecular weight excluding hydrogens is 303 g/mol. The first-order valence-electron chi connectivity index (χ1n) is 5.12. The lowest BCUT2D eigenvalue weighted by Crippen LogP contribution is -2.00. The Morgan fingerprint density at radius 2 is 2.00 bits per heavy atom. The standard InChI is InChI=1S/C12H17IO2/c1-2-12(14)15-11-9-7-5-3-4-6-8-10-13/h2H,1,3-4,6,8-11H2. The highest BCUT2D eigenvalue weighted by atomic mass is 127. The summed E-state index contributed by atoms with van der Waals surface area (Å²) in [5.74, 6) is 5.67. The SMILES string of the molecule is C=CC(=O)OCCC#CCCCCCI. The monoisotopic (exact) mass is 320 g/mol. The molecule has 0 spiro atoms. The molecular formula is C12H17IO2. The van der Waals surface area contributed by atoms with E-state index in [9.17, 15) is 4.79 Å². The quantitative estimate of drug-likeness (QED) is 0.180. The summed E-state index contributed by atoms with van der Waals surface area (Å²) in [6.07, 6.45) is 6.43. The molecule has 0 N–H and O–H groups in total. The minimum atomic E-state index is -0.376. The number of unbranched alkanes of at least 4 members (excludes halogenated alkanes) is 3. The van der Waals surface area contributed by atoms with Crippen molar-refractivity contribution in [1.29, 1.82) is 0 Å². The molecule has 0 saturated carbocycles. The van der Waals surface area contributed by atoms with Crippen LogP contribution in [0.4, 0.5) is 0 Å². The number of esters is 1. The highest BCUT2D eigenvalue weighted by Gasteiger charge is 1.91. The normalized spacial score (nSPS) is 8.87. The lowest BCUT2D eigenvalue weighted by Gasteiger charge is -1.95. The lowest BCUT2D eigenvalue weighted by atomic mass is 10.2. The first-order valence-corrected chi connectivity index (χ1v) is 6.64. The maximum atomic E-state index is 10.6. The Morgan fingerprint density at radius 1 is 1.27 bits per heavy atom. The second-order valence-electron chi connectivity index (χ2n) is 2.97. The van der Waals surface area contributed by atoms with Crippen LogP contribution in [0.25, 0.3) is 0 Å². The van der Waals surface area contributed by atoms with Gasteiger partial charge in [-0.1, -0.05) is 41.5 Å². The van der Waals surface area contributed by atoms with Gasteiger partial charge in [0.05, 0.1) is 0 Å². The van der Waals surface area contributed by atoms with Crippen LogP contribution in [0.15, 0.2) is 12.7 Å². The summed E-state index contributed by atoms with van der Waals surface area (Å²) in [6.45, 7) is 3.67. The van der Waals surface area contributed by atoms with Gasteiger partial charge in [-0.3, -0.25) is 0 Å². The van der Waals surface area contributed by atoms with E-state index in [2.05, 4.69) is 41.0 Å². The smallest absolute Gasteiger partial charge is 0.330 e. The Labute approximate surface area is 106 Å². The number of halogens is 1. The maximum absolute atomic E-state index is 10.6. The van der Waals surface area contributed by atoms with Crippen LogP contribution < -0.4 is 0 Å². The van der Waals surface area contributed by atoms with Crippen LogP contribution in [0.1, 0.15) is 32.1 Å². The molecule has 0 unspecified atom stereocenters. The van der Waals surface area contributed by atoms with Gasteiger partial charge in [0.25, 0.3) is 0 Å². The number of hydrogen-bond acceptors (Lipinski definition) is 2. The largest absolute Gasteiger partial charge is 0.462 e. The zero-order valence-corrected chi connectivity index (χ0v) is 11.1. The van der Waals surface area contributed by atoms with Gasteiger partial charge in [-0.15, -0.1) is 5.92 Å². The number of carbonyl (C=O) groups excluding carboxylic acids is 1. The minimum absolute atomic E-state index is 0.367. The zero-order chi connectivity index (χ0) is 11.4. The van der Waals surface area contributed by atoms with E-state index in [1.807, 2.05) is 0 Å². The molecule has 3 heteroatoms. The second-order valence-corrected chi connectivity index (χ2v) is 4.05. The van der Waals surface area contributed by atoms with E-state index in [1.54, 1.807) is 0 Å². The summed E-state index contributed by atoms with van der Waals surface area (Å²) in [4.78, 5) is 10.6. The molecule has 0 aliphatic carbocycles. The Balaban J connectivity index is 3.24. The predicted molar refractivity (Wildman–Crippen MR) is 70.9 cm³/mol. The van der Waals surface area contributed by atoms with Gasteiger partial charge in [0.15, 0.2) is 0 Å². The van der Waals surface area contributed by atoms with Crippen molar-refractivity contribution in [2.24, 2.45) is 0 Å². The van der Waals surface area contributed by atoms with Gasteiger partial charge < -0.3 is 4.74 Å². The third-order valence-electron chi connectivity index (χ3n) is 1.70. The van der Waals surface area contributed by atoms with E-state index in [0.717, 1.165) is 12.5 Å². The molecule has 0 aliphatic rings. The topological polar surface area (TPSA) is 26.3 Å². The molecule has 0 aromatic heterocycles. The van der Waals surface area contributed by atoms with E-state index in [0.29, 0.717) is 13.0 Å². The maximum Gasteiger partial charge on any atom is 0.330 e. The molecule has 0 atom stereocenters. The Bertz CT molecular complexity index is 238. The van der Waals surface area contributed by atoms with Crippen LogP contribution >= 0.6 is 22.6 Å². The van der Waals surface area contributed by atoms with E-state index in [4.69, 9.17) is 4.74 Å². The van der Waals surface area contributed by atoms with Crippen LogP contribution in [-0.4, -0.2) is 17.0 Å². The third-order valence-corrected chi connectivity index (χ3v) is 2.46. The summed E-state index contributed by atoms with van der Waals surface area (Å²) in [7, 11) is 0. The average molecular weight is 320 g/mol. The van der Waals surface area contributed by atoms with Crippen molar-refractivity contribution in [1.82, 2.24) is 0 Å². The highest BCUT2D eigenvalue weighted by Crippen LogP contribution is 2.01. The highest BCUT2D eigenvalue weighted by molar-refractivity contribution is 14.1. The van der Waals surface area contributed by atoms with E-state index >= 15 is 0 Å². The summed E-state index contributed by atoms with van der Waals surface area (Å²) in [6, 6.07) is 0. The molecule has 0 radical (unpaired) electrons. The molecule has 0 aromatic carbocycles. The van der Waals surface area contributed by atoms with Crippen molar-refractivity contribution < 1.29 is 9.53 Å². The molecule has 0 fully saturated rings. The molecule has 0 heterocycles. The molecule has 15 heavy (non-hydrogen) atoms. The van der Waals surface area contributed by atoms with Gasteiger partial charge in [0.2, 0.25) is 0 Å². The molecule has 2 nitrogen and oxygen atoms in total. The Kier molecular flexibility index (Phi) is 11.2. The van der Waals surface area contributed by atoms with Crippen molar-refractivity contribution >= 4 is 28.6 Å². The first-order chi connectivity index (χ1) is 7.31.